The molecule has 3 heteroatoms. The lowest BCUT2D eigenvalue weighted by molar-refractivity contribution is 0.809. The molecule has 0 spiro atoms. The first-order valence-corrected chi connectivity index (χ1v) is 2.62. The highest BCUT2D eigenvalue weighted by molar-refractivity contribution is 9.09. The first-order chi connectivity index (χ1) is 2.89. The summed E-state index contributed by atoms with van der Waals surface area (Å²) in [5, 5.41) is 3.93. The average molecular weight is 148 g/mol. The van der Waals surface area contributed by atoms with Gasteiger partial charge in [0.1, 0.15) is 11.6 Å². The van der Waals surface area contributed by atoms with Crippen molar-refractivity contribution in [3.63, 3.8) is 0 Å². The van der Waals surface area contributed by atoms with Crippen LogP contribution in [0.2, 0.25) is 0 Å². The second-order valence-electron chi connectivity index (χ2n) is 1.03. The van der Waals surface area contributed by atoms with E-state index in [1.807, 2.05) is 0 Å². The number of hydrogen-bond acceptors (Lipinski definition) is 1. The van der Waals surface area contributed by atoms with Gasteiger partial charge < -0.3 is 0 Å². The van der Waals surface area contributed by atoms with Crippen molar-refractivity contribution in [1.29, 1.82) is 0 Å². The van der Waals surface area contributed by atoms with Gasteiger partial charge in [0.25, 0.3) is 0 Å². The standard InChI is InChI=1S/C3H4BrN2/c4-3-1-5-2-6-3/h1,3H,2H2. The maximum atomic E-state index is 3.93. The van der Waals surface area contributed by atoms with E-state index < -0.39 is 0 Å². The van der Waals surface area contributed by atoms with Crippen LogP contribution in [0.1, 0.15) is 0 Å². The lowest BCUT2D eigenvalue weighted by Gasteiger charge is -1.85. The molecule has 33 valence electrons. The SMILES string of the molecule is BrC1C=NC[N]1. The molecule has 1 unspecified atom stereocenters. The van der Waals surface area contributed by atoms with Crippen molar-refractivity contribution in [2.24, 2.45) is 4.99 Å². The smallest absolute Gasteiger partial charge is 0.116 e. The highest BCUT2D eigenvalue weighted by Gasteiger charge is 2.02. The maximum Gasteiger partial charge on any atom is 0.116 e. The molecule has 0 aromatic carbocycles. The predicted molar refractivity (Wildman–Crippen MR) is 28.2 cm³/mol. The van der Waals surface area contributed by atoms with Gasteiger partial charge >= 0.3 is 0 Å². The molecular formula is C3H4BrN2. The van der Waals surface area contributed by atoms with Gasteiger partial charge in [-0.2, -0.15) is 5.32 Å². The van der Waals surface area contributed by atoms with Crippen molar-refractivity contribution >= 4 is 22.1 Å². The van der Waals surface area contributed by atoms with Gasteiger partial charge in [0.2, 0.25) is 0 Å². The fraction of sp³-hybridized carbons (Fsp3) is 0.667. The van der Waals surface area contributed by atoms with Crippen molar-refractivity contribution in [3.05, 3.63) is 0 Å². The molecule has 6 heavy (non-hydrogen) atoms. The van der Waals surface area contributed by atoms with Gasteiger partial charge in [-0.15, -0.1) is 0 Å². The van der Waals surface area contributed by atoms with E-state index in [1.165, 1.54) is 0 Å². The van der Waals surface area contributed by atoms with Crippen LogP contribution in [0.5, 0.6) is 0 Å². The summed E-state index contributed by atoms with van der Waals surface area (Å²) in [6.45, 7) is 0.635. The van der Waals surface area contributed by atoms with Crippen LogP contribution in [0, 0.1) is 0 Å². The van der Waals surface area contributed by atoms with E-state index in [4.69, 9.17) is 0 Å². The number of halogens is 1. The molecule has 0 aromatic rings. The summed E-state index contributed by atoms with van der Waals surface area (Å²) in [5.74, 6) is 0. The van der Waals surface area contributed by atoms with Gasteiger partial charge in [0.05, 0.1) is 0 Å². The molecule has 2 nitrogen and oxygen atoms in total. The molecule has 0 amide bonds. The predicted octanol–water partition coefficient (Wildman–Crippen LogP) is 0.354. The number of alkyl halides is 1. The van der Waals surface area contributed by atoms with Gasteiger partial charge in [-0.05, 0) is 0 Å². The van der Waals surface area contributed by atoms with Crippen LogP contribution in [0.4, 0.5) is 0 Å². The molecule has 1 aliphatic rings. The summed E-state index contributed by atoms with van der Waals surface area (Å²) >= 11 is 3.22. The Morgan fingerprint density at radius 1 is 1.83 bits per heavy atom. The first-order valence-electron chi connectivity index (χ1n) is 1.70. The molecule has 0 saturated carbocycles. The monoisotopic (exact) mass is 147 g/mol. The summed E-state index contributed by atoms with van der Waals surface area (Å²) in [5.41, 5.74) is 0. The number of rotatable bonds is 0. The van der Waals surface area contributed by atoms with Crippen LogP contribution in [0.3, 0.4) is 0 Å². The maximum absolute atomic E-state index is 3.93. The summed E-state index contributed by atoms with van der Waals surface area (Å²) in [4.78, 5) is 4.02. The molecule has 0 fully saturated rings. The van der Waals surface area contributed by atoms with Crippen LogP contribution in [0.25, 0.3) is 0 Å². The summed E-state index contributed by atoms with van der Waals surface area (Å²) in [7, 11) is 0. The fourth-order valence-electron chi connectivity index (χ4n) is 0.306. The van der Waals surface area contributed by atoms with Gasteiger partial charge in [-0.1, -0.05) is 15.9 Å². The quantitative estimate of drug-likeness (QED) is 0.350. The molecule has 0 aliphatic carbocycles. The Balaban J connectivity index is 2.38. The van der Waals surface area contributed by atoms with Crippen LogP contribution in [0.15, 0.2) is 4.99 Å². The second kappa shape index (κ2) is 1.71. The molecule has 0 aromatic heterocycles. The zero-order valence-corrected chi connectivity index (χ0v) is 4.72. The third kappa shape index (κ3) is 0.786. The Kier molecular flexibility index (Phi) is 1.22. The van der Waals surface area contributed by atoms with E-state index >= 15 is 0 Å². The molecule has 0 N–H and O–H groups in total. The molecule has 0 saturated heterocycles. The van der Waals surface area contributed by atoms with E-state index in [2.05, 4.69) is 26.2 Å². The third-order valence-corrected chi connectivity index (χ3v) is 1.09. The van der Waals surface area contributed by atoms with Gasteiger partial charge in [-0.25, -0.2) is 0 Å². The first kappa shape index (κ1) is 4.27. The average Bonchev–Trinajstić information content (AvgIpc) is 1.86. The van der Waals surface area contributed by atoms with E-state index in [0.29, 0.717) is 6.67 Å². The Bertz CT molecular complexity index is 71.2. The van der Waals surface area contributed by atoms with Crippen LogP contribution in [-0.4, -0.2) is 17.8 Å². The van der Waals surface area contributed by atoms with Crippen LogP contribution < -0.4 is 5.32 Å². The third-order valence-electron chi connectivity index (χ3n) is 0.566. The molecule has 0 bridgehead atoms. The highest BCUT2D eigenvalue weighted by Crippen LogP contribution is 1.96. The van der Waals surface area contributed by atoms with Crippen molar-refractivity contribution in [2.45, 2.75) is 4.95 Å². The Hall–Kier alpha value is 0.110. The van der Waals surface area contributed by atoms with Crippen molar-refractivity contribution < 1.29 is 0 Å². The summed E-state index contributed by atoms with van der Waals surface area (Å²) < 4.78 is 0. The number of aliphatic imine (C=N–C) groups is 1. The fourth-order valence-corrected chi connectivity index (χ4v) is 0.603. The van der Waals surface area contributed by atoms with Gasteiger partial charge in [-0.3, -0.25) is 4.99 Å². The molecular weight excluding hydrogens is 144 g/mol. The van der Waals surface area contributed by atoms with E-state index in [-0.39, 0.29) is 4.95 Å². The number of hydrogen-bond donors (Lipinski definition) is 0. The summed E-state index contributed by atoms with van der Waals surface area (Å²) in [6.07, 6.45) is 1.78. The molecule has 1 radical (unpaired) electrons. The Morgan fingerprint density at radius 3 is 2.83 bits per heavy atom. The van der Waals surface area contributed by atoms with Gasteiger partial charge in [0, 0.05) is 6.21 Å². The van der Waals surface area contributed by atoms with E-state index in [0.717, 1.165) is 0 Å². The summed E-state index contributed by atoms with van der Waals surface area (Å²) in [6, 6.07) is 0. The molecule has 1 aliphatic heterocycles. The van der Waals surface area contributed by atoms with Crippen molar-refractivity contribution in [1.82, 2.24) is 5.32 Å². The number of nitrogens with zero attached hydrogens (tertiary/aromatic N) is 2. The van der Waals surface area contributed by atoms with Gasteiger partial charge in [0.15, 0.2) is 0 Å². The van der Waals surface area contributed by atoms with Crippen molar-refractivity contribution in [3.8, 4) is 0 Å². The zero-order chi connectivity index (χ0) is 4.41. The topological polar surface area (TPSA) is 26.5 Å². The molecule has 1 rings (SSSR count). The Labute approximate surface area is 44.8 Å². The van der Waals surface area contributed by atoms with Crippen molar-refractivity contribution in [2.75, 3.05) is 6.67 Å². The van der Waals surface area contributed by atoms with E-state index in [9.17, 15) is 0 Å². The zero-order valence-electron chi connectivity index (χ0n) is 3.13. The normalized spacial score (nSPS) is 31.8. The van der Waals surface area contributed by atoms with E-state index in [1.54, 1.807) is 6.21 Å². The highest BCUT2D eigenvalue weighted by atomic mass is 79.9. The lowest BCUT2D eigenvalue weighted by atomic mass is 10.8. The Morgan fingerprint density at radius 2 is 2.67 bits per heavy atom. The molecule has 1 heterocycles. The lowest BCUT2D eigenvalue weighted by Crippen LogP contribution is -2.07. The minimum absolute atomic E-state index is 0.192. The minimum atomic E-state index is 0.192. The van der Waals surface area contributed by atoms with Crippen LogP contribution >= 0.6 is 15.9 Å². The van der Waals surface area contributed by atoms with Crippen LogP contribution in [-0.2, 0) is 0 Å². The largest absolute Gasteiger partial charge is 0.278 e. The molecule has 1 atom stereocenters. The second-order valence-corrected chi connectivity index (χ2v) is 1.97. The minimum Gasteiger partial charge on any atom is -0.278 e.